The molecule has 0 bridgehead atoms. The van der Waals surface area contributed by atoms with Gasteiger partial charge in [0.1, 0.15) is 0 Å². The van der Waals surface area contributed by atoms with Gasteiger partial charge in [-0.15, -0.1) is 11.8 Å². The smallest absolute Gasteiger partial charge is 0.0867 e. The second-order valence-electron chi connectivity index (χ2n) is 4.03. The number of ether oxygens (including phenoxy) is 1. The minimum absolute atomic E-state index is 0.146. The van der Waals surface area contributed by atoms with Gasteiger partial charge in [0.05, 0.1) is 18.8 Å². The van der Waals surface area contributed by atoms with Crippen molar-refractivity contribution in [2.75, 3.05) is 18.1 Å². The van der Waals surface area contributed by atoms with Gasteiger partial charge in [0.25, 0.3) is 0 Å². The Balaban J connectivity index is 2.39. The Morgan fingerprint density at radius 1 is 1.47 bits per heavy atom. The van der Waals surface area contributed by atoms with E-state index >= 15 is 0 Å². The summed E-state index contributed by atoms with van der Waals surface area (Å²) in [5, 5.41) is 9.71. The van der Waals surface area contributed by atoms with Crippen LogP contribution in [0.5, 0.6) is 0 Å². The monoisotopic (exact) mass is 319 g/mol. The molecule has 5 heteroatoms. The molecule has 0 fully saturated rings. The third-order valence-electron chi connectivity index (χ3n) is 2.03. The predicted molar refractivity (Wildman–Crippen MR) is 76.4 cm³/mol. The minimum atomic E-state index is -0.467. The van der Waals surface area contributed by atoms with Crippen LogP contribution in [-0.2, 0) is 4.74 Å². The Hall–Kier alpha value is -0.230. The molecule has 17 heavy (non-hydrogen) atoms. The van der Waals surface area contributed by atoms with Crippen LogP contribution in [0.2, 0.25) is 0 Å². The van der Waals surface area contributed by atoms with Gasteiger partial charge in [0.2, 0.25) is 0 Å². The molecule has 0 saturated heterocycles. The second-order valence-corrected chi connectivity index (χ2v) is 6.01. The highest BCUT2D eigenvalue weighted by atomic mass is 79.9. The third-order valence-corrected chi connectivity index (χ3v) is 3.75. The Kier molecular flexibility index (Phi) is 6.33. The lowest BCUT2D eigenvalue weighted by molar-refractivity contribution is 0.0152. The molecule has 0 aliphatic carbocycles. The number of anilines is 1. The van der Waals surface area contributed by atoms with Crippen molar-refractivity contribution in [3.05, 3.63) is 22.7 Å². The van der Waals surface area contributed by atoms with Gasteiger partial charge in [-0.2, -0.15) is 0 Å². The van der Waals surface area contributed by atoms with Crippen LogP contribution in [0.3, 0.4) is 0 Å². The summed E-state index contributed by atoms with van der Waals surface area (Å²) in [6.45, 7) is 4.26. The SMILES string of the molecule is CC(C)OCC(O)CSc1ccc(Br)cc1N. The van der Waals surface area contributed by atoms with E-state index in [-0.39, 0.29) is 6.10 Å². The molecule has 0 saturated carbocycles. The number of hydrogen-bond donors (Lipinski definition) is 2. The summed E-state index contributed by atoms with van der Waals surface area (Å²) in [5.41, 5.74) is 6.59. The molecule has 1 atom stereocenters. The first-order valence-corrected chi connectivity index (χ1v) is 7.24. The number of aliphatic hydroxyl groups is 1. The number of nitrogen functional groups attached to an aromatic ring is 1. The number of benzene rings is 1. The fraction of sp³-hybridized carbons (Fsp3) is 0.500. The molecule has 3 nitrogen and oxygen atoms in total. The first-order valence-electron chi connectivity index (χ1n) is 5.46. The van der Waals surface area contributed by atoms with E-state index in [2.05, 4.69) is 15.9 Å². The molecule has 96 valence electrons. The van der Waals surface area contributed by atoms with Gasteiger partial charge in [-0.1, -0.05) is 15.9 Å². The van der Waals surface area contributed by atoms with Crippen molar-refractivity contribution in [2.45, 2.75) is 31.0 Å². The van der Waals surface area contributed by atoms with Crippen molar-refractivity contribution in [2.24, 2.45) is 0 Å². The summed E-state index contributed by atoms with van der Waals surface area (Å²) in [6.07, 6.45) is -0.321. The van der Waals surface area contributed by atoms with E-state index in [1.165, 1.54) is 11.8 Å². The third kappa shape index (κ3) is 5.77. The molecule has 3 N–H and O–H groups in total. The molecule has 0 aliphatic rings. The standard InChI is InChI=1S/C12H18BrNO2S/c1-8(2)16-6-10(15)7-17-12-4-3-9(13)5-11(12)14/h3-5,8,10,15H,6-7,14H2,1-2H3. The highest BCUT2D eigenvalue weighted by Crippen LogP contribution is 2.28. The van der Waals surface area contributed by atoms with Crippen molar-refractivity contribution in [3.8, 4) is 0 Å². The van der Waals surface area contributed by atoms with Crippen molar-refractivity contribution < 1.29 is 9.84 Å². The van der Waals surface area contributed by atoms with E-state index in [1.54, 1.807) is 0 Å². The molecular formula is C12H18BrNO2S. The van der Waals surface area contributed by atoms with Crippen LogP contribution in [0.25, 0.3) is 0 Å². The highest BCUT2D eigenvalue weighted by molar-refractivity contribution is 9.10. The first kappa shape index (κ1) is 14.8. The zero-order valence-corrected chi connectivity index (χ0v) is 12.4. The number of hydrogen-bond acceptors (Lipinski definition) is 4. The van der Waals surface area contributed by atoms with E-state index in [4.69, 9.17) is 10.5 Å². The van der Waals surface area contributed by atoms with Gasteiger partial charge in [-0.3, -0.25) is 0 Å². The van der Waals surface area contributed by atoms with E-state index < -0.39 is 6.10 Å². The molecule has 0 aliphatic heterocycles. The highest BCUT2D eigenvalue weighted by Gasteiger charge is 2.08. The van der Waals surface area contributed by atoms with Crippen LogP contribution >= 0.6 is 27.7 Å². The zero-order chi connectivity index (χ0) is 12.8. The van der Waals surface area contributed by atoms with Crippen LogP contribution in [-0.4, -0.2) is 29.7 Å². The first-order chi connectivity index (χ1) is 7.99. The average Bonchev–Trinajstić information content (AvgIpc) is 2.25. The fourth-order valence-corrected chi connectivity index (χ4v) is 2.43. The van der Waals surface area contributed by atoms with Crippen LogP contribution in [0.1, 0.15) is 13.8 Å². The molecule has 0 amide bonds. The van der Waals surface area contributed by atoms with Crippen molar-refractivity contribution >= 4 is 33.4 Å². The van der Waals surface area contributed by atoms with E-state index in [9.17, 15) is 5.11 Å². The molecule has 1 unspecified atom stereocenters. The number of aliphatic hydroxyl groups excluding tert-OH is 1. The molecule has 1 aromatic carbocycles. The van der Waals surface area contributed by atoms with E-state index in [0.717, 1.165) is 15.1 Å². The van der Waals surface area contributed by atoms with Crippen molar-refractivity contribution in [3.63, 3.8) is 0 Å². The summed E-state index contributed by atoms with van der Waals surface area (Å²) in [5.74, 6) is 0.582. The zero-order valence-electron chi connectivity index (χ0n) is 10.0. The molecule has 0 heterocycles. The lowest BCUT2D eigenvalue weighted by atomic mass is 10.3. The Labute approximate surface area is 115 Å². The van der Waals surface area contributed by atoms with Crippen LogP contribution in [0.4, 0.5) is 5.69 Å². The maximum Gasteiger partial charge on any atom is 0.0867 e. The normalized spacial score (nSPS) is 13.0. The largest absolute Gasteiger partial charge is 0.398 e. The van der Waals surface area contributed by atoms with Gasteiger partial charge in [0, 0.05) is 20.8 Å². The van der Waals surface area contributed by atoms with Crippen molar-refractivity contribution in [1.29, 1.82) is 0 Å². The minimum Gasteiger partial charge on any atom is -0.398 e. The lowest BCUT2D eigenvalue weighted by Crippen LogP contribution is -2.20. The van der Waals surface area contributed by atoms with Crippen LogP contribution in [0.15, 0.2) is 27.6 Å². The molecule has 0 spiro atoms. The van der Waals surface area contributed by atoms with E-state index in [1.807, 2.05) is 32.0 Å². The quantitative estimate of drug-likeness (QED) is 0.625. The second kappa shape index (κ2) is 7.26. The average molecular weight is 320 g/mol. The molecule has 0 aromatic heterocycles. The maximum atomic E-state index is 9.71. The van der Waals surface area contributed by atoms with Crippen molar-refractivity contribution in [1.82, 2.24) is 0 Å². The Morgan fingerprint density at radius 2 is 2.18 bits per heavy atom. The molecule has 0 radical (unpaired) electrons. The summed E-state index contributed by atoms with van der Waals surface area (Å²) in [7, 11) is 0. The summed E-state index contributed by atoms with van der Waals surface area (Å²) in [6, 6.07) is 5.75. The lowest BCUT2D eigenvalue weighted by Gasteiger charge is -2.13. The van der Waals surface area contributed by atoms with Gasteiger partial charge in [0.15, 0.2) is 0 Å². The van der Waals surface area contributed by atoms with E-state index in [0.29, 0.717) is 12.4 Å². The van der Waals surface area contributed by atoms with Gasteiger partial charge < -0.3 is 15.6 Å². The number of halogens is 1. The van der Waals surface area contributed by atoms with Crippen LogP contribution in [0, 0.1) is 0 Å². The molecule has 1 aromatic rings. The number of thioether (sulfide) groups is 1. The fourth-order valence-electron chi connectivity index (χ4n) is 1.19. The summed E-state index contributed by atoms with van der Waals surface area (Å²) >= 11 is 4.90. The maximum absolute atomic E-state index is 9.71. The molecule has 1 rings (SSSR count). The topological polar surface area (TPSA) is 55.5 Å². The van der Waals surface area contributed by atoms with Crippen LogP contribution < -0.4 is 5.73 Å². The van der Waals surface area contributed by atoms with Gasteiger partial charge in [-0.25, -0.2) is 0 Å². The number of nitrogens with two attached hydrogens (primary N) is 1. The van der Waals surface area contributed by atoms with Gasteiger partial charge in [-0.05, 0) is 32.0 Å². The Morgan fingerprint density at radius 3 is 2.76 bits per heavy atom. The Bertz CT molecular complexity index is 360. The number of rotatable bonds is 6. The predicted octanol–water partition coefficient (Wildman–Crippen LogP) is 2.91. The summed E-state index contributed by atoms with van der Waals surface area (Å²) < 4.78 is 6.30. The molecular weight excluding hydrogens is 302 g/mol. The van der Waals surface area contributed by atoms with Gasteiger partial charge >= 0.3 is 0 Å². The summed E-state index contributed by atoms with van der Waals surface area (Å²) in [4.78, 5) is 0.983.